The number of nitrogens with zero attached hydrogens (tertiary/aromatic N) is 4. The van der Waals surface area contributed by atoms with Gasteiger partial charge in [0.1, 0.15) is 17.5 Å². The van der Waals surface area contributed by atoms with Crippen molar-refractivity contribution in [2.45, 2.75) is 19.3 Å². The lowest BCUT2D eigenvalue weighted by Gasteiger charge is -2.35. The molecule has 2 aliphatic rings. The topological polar surface area (TPSA) is 61.4 Å². The van der Waals surface area contributed by atoms with Crippen LogP contribution in [0.4, 0.5) is 20.8 Å². The van der Waals surface area contributed by atoms with Gasteiger partial charge in [0.05, 0.1) is 6.20 Å². The molecule has 25 heavy (non-hydrogen) atoms. The Balaban J connectivity index is 1.34. The predicted octanol–water partition coefficient (Wildman–Crippen LogP) is 2.46. The van der Waals surface area contributed by atoms with Gasteiger partial charge in [0.25, 0.3) is 0 Å². The SMILES string of the molecule is O=C(Nc1ccc2c(n1)CCC2)N1CCN(c2ccc(F)cn2)CC1. The zero-order valence-electron chi connectivity index (χ0n) is 13.9. The van der Waals surface area contributed by atoms with E-state index in [4.69, 9.17) is 0 Å². The molecule has 0 saturated carbocycles. The Hall–Kier alpha value is -2.70. The molecule has 0 radical (unpaired) electrons. The number of carbonyl (C=O) groups excluding carboxylic acids is 1. The van der Waals surface area contributed by atoms with Crippen LogP contribution >= 0.6 is 0 Å². The van der Waals surface area contributed by atoms with Crippen LogP contribution in [0, 0.1) is 5.82 Å². The highest BCUT2D eigenvalue weighted by molar-refractivity contribution is 5.88. The van der Waals surface area contributed by atoms with Gasteiger partial charge in [-0.05, 0) is 43.0 Å². The van der Waals surface area contributed by atoms with Gasteiger partial charge in [-0.2, -0.15) is 0 Å². The Bertz CT molecular complexity index is 772. The number of halogens is 1. The lowest BCUT2D eigenvalue weighted by Crippen LogP contribution is -2.50. The van der Waals surface area contributed by atoms with Crippen LogP contribution in [0.25, 0.3) is 0 Å². The Morgan fingerprint density at radius 1 is 1.08 bits per heavy atom. The van der Waals surface area contributed by atoms with Gasteiger partial charge in [0, 0.05) is 31.9 Å². The number of urea groups is 1. The largest absolute Gasteiger partial charge is 0.353 e. The minimum Gasteiger partial charge on any atom is -0.353 e. The quantitative estimate of drug-likeness (QED) is 0.911. The Kier molecular flexibility index (Phi) is 4.21. The third-order valence-electron chi connectivity index (χ3n) is 4.77. The van der Waals surface area contributed by atoms with E-state index in [2.05, 4.69) is 26.3 Å². The molecule has 1 saturated heterocycles. The Labute approximate surface area is 145 Å². The number of aromatic nitrogens is 2. The number of amides is 2. The molecule has 1 aliphatic heterocycles. The Morgan fingerprint density at radius 3 is 2.68 bits per heavy atom. The molecule has 1 fully saturated rings. The zero-order valence-corrected chi connectivity index (χ0v) is 13.9. The minimum absolute atomic E-state index is 0.128. The molecular formula is C18H20FN5O. The molecule has 4 rings (SSSR count). The second-order valence-corrected chi connectivity index (χ2v) is 6.39. The minimum atomic E-state index is -0.344. The second-order valence-electron chi connectivity index (χ2n) is 6.39. The van der Waals surface area contributed by atoms with Crippen LogP contribution < -0.4 is 10.2 Å². The molecule has 0 bridgehead atoms. The molecule has 1 N–H and O–H groups in total. The fourth-order valence-electron chi connectivity index (χ4n) is 3.37. The predicted molar refractivity (Wildman–Crippen MR) is 93.3 cm³/mol. The van der Waals surface area contributed by atoms with E-state index in [1.807, 2.05) is 6.07 Å². The normalized spacial score (nSPS) is 16.7. The van der Waals surface area contributed by atoms with Crippen molar-refractivity contribution in [1.82, 2.24) is 14.9 Å². The number of hydrogen-bond donors (Lipinski definition) is 1. The van der Waals surface area contributed by atoms with Crippen molar-refractivity contribution < 1.29 is 9.18 Å². The van der Waals surface area contributed by atoms with Crippen molar-refractivity contribution in [3.05, 3.63) is 47.5 Å². The summed E-state index contributed by atoms with van der Waals surface area (Å²) in [5.74, 6) is 1.01. The standard InChI is InChI=1S/C18H20FN5O/c19-14-5-7-17(20-12-14)23-8-10-24(11-9-23)18(25)22-16-6-4-13-2-1-3-15(13)21-16/h4-7,12H,1-3,8-11H2,(H,21,22,25). The lowest BCUT2D eigenvalue weighted by atomic mass is 10.2. The number of hydrogen-bond acceptors (Lipinski definition) is 4. The summed E-state index contributed by atoms with van der Waals surface area (Å²) < 4.78 is 13.0. The summed E-state index contributed by atoms with van der Waals surface area (Å²) in [4.78, 5) is 24.9. The third-order valence-corrected chi connectivity index (χ3v) is 4.77. The van der Waals surface area contributed by atoms with E-state index < -0.39 is 0 Å². The van der Waals surface area contributed by atoms with Crippen LogP contribution in [-0.2, 0) is 12.8 Å². The lowest BCUT2D eigenvalue weighted by molar-refractivity contribution is 0.208. The van der Waals surface area contributed by atoms with Gasteiger partial charge in [-0.1, -0.05) is 6.07 Å². The molecule has 6 nitrogen and oxygen atoms in total. The molecule has 0 atom stereocenters. The maximum atomic E-state index is 13.0. The smallest absolute Gasteiger partial charge is 0.323 e. The first-order chi connectivity index (χ1) is 12.2. The van der Waals surface area contributed by atoms with Crippen LogP contribution in [0.5, 0.6) is 0 Å². The number of rotatable bonds is 2. The first-order valence-electron chi connectivity index (χ1n) is 8.60. The van der Waals surface area contributed by atoms with E-state index in [-0.39, 0.29) is 11.8 Å². The van der Waals surface area contributed by atoms with Crippen molar-refractivity contribution in [3.63, 3.8) is 0 Å². The number of anilines is 2. The maximum Gasteiger partial charge on any atom is 0.323 e. The van der Waals surface area contributed by atoms with Crippen molar-refractivity contribution in [3.8, 4) is 0 Å². The summed E-state index contributed by atoms with van der Waals surface area (Å²) >= 11 is 0. The van der Waals surface area contributed by atoms with Crippen LogP contribution in [0.15, 0.2) is 30.5 Å². The van der Waals surface area contributed by atoms with Gasteiger partial charge >= 0.3 is 6.03 Å². The highest BCUT2D eigenvalue weighted by atomic mass is 19.1. The summed E-state index contributed by atoms with van der Waals surface area (Å²) in [6.45, 7) is 2.53. The van der Waals surface area contributed by atoms with E-state index >= 15 is 0 Å². The molecule has 130 valence electrons. The van der Waals surface area contributed by atoms with Crippen LogP contribution in [0.3, 0.4) is 0 Å². The van der Waals surface area contributed by atoms with Gasteiger partial charge in [-0.25, -0.2) is 19.2 Å². The van der Waals surface area contributed by atoms with Crippen molar-refractivity contribution >= 4 is 17.7 Å². The fraction of sp³-hybridized carbons (Fsp3) is 0.389. The van der Waals surface area contributed by atoms with E-state index in [9.17, 15) is 9.18 Å². The van der Waals surface area contributed by atoms with E-state index in [0.29, 0.717) is 32.0 Å². The molecule has 7 heteroatoms. The monoisotopic (exact) mass is 341 g/mol. The van der Waals surface area contributed by atoms with Crippen LogP contribution in [0.2, 0.25) is 0 Å². The number of fused-ring (bicyclic) bond motifs is 1. The van der Waals surface area contributed by atoms with Crippen LogP contribution in [0.1, 0.15) is 17.7 Å². The molecule has 0 spiro atoms. The first-order valence-corrected chi connectivity index (χ1v) is 8.60. The summed E-state index contributed by atoms with van der Waals surface area (Å²) in [5, 5.41) is 2.90. The fourth-order valence-corrected chi connectivity index (χ4v) is 3.37. The van der Waals surface area contributed by atoms with Gasteiger partial charge in [0.15, 0.2) is 0 Å². The van der Waals surface area contributed by atoms with Gasteiger partial charge in [-0.15, -0.1) is 0 Å². The number of piperazine rings is 1. The number of aryl methyl sites for hydroxylation is 2. The molecule has 0 aromatic carbocycles. The van der Waals surface area contributed by atoms with Gasteiger partial charge in [-0.3, -0.25) is 5.32 Å². The first kappa shape index (κ1) is 15.8. The highest BCUT2D eigenvalue weighted by Gasteiger charge is 2.22. The van der Waals surface area contributed by atoms with E-state index in [1.54, 1.807) is 11.0 Å². The van der Waals surface area contributed by atoms with Gasteiger partial charge in [0.2, 0.25) is 0 Å². The number of nitrogens with one attached hydrogen (secondary N) is 1. The number of carbonyl (C=O) groups is 1. The van der Waals surface area contributed by atoms with Crippen molar-refractivity contribution in [2.75, 3.05) is 36.4 Å². The number of pyridine rings is 2. The average molecular weight is 341 g/mol. The second kappa shape index (κ2) is 6.66. The molecule has 3 heterocycles. The van der Waals surface area contributed by atoms with E-state index in [0.717, 1.165) is 30.8 Å². The van der Waals surface area contributed by atoms with Crippen LogP contribution in [-0.4, -0.2) is 47.1 Å². The third kappa shape index (κ3) is 3.40. The molecule has 2 amide bonds. The molecule has 0 unspecified atom stereocenters. The molecular weight excluding hydrogens is 321 g/mol. The Morgan fingerprint density at radius 2 is 1.92 bits per heavy atom. The molecule has 2 aromatic rings. The summed E-state index contributed by atoms with van der Waals surface area (Å²) in [6.07, 6.45) is 4.42. The van der Waals surface area contributed by atoms with Crippen molar-refractivity contribution in [2.24, 2.45) is 0 Å². The molecule has 1 aliphatic carbocycles. The van der Waals surface area contributed by atoms with E-state index in [1.165, 1.54) is 17.8 Å². The highest BCUT2D eigenvalue weighted by Crippen LogP contribution is 2.22. The summed E-state index contributed by atoms with van der Waals surface area (Å²) in [7, 11) is 0. The maximum absolute atomic E-state index is 13.0. The van der Waals surface area contributed by atoms with Crippen molar-refractivity contribution in [1.29, 1.82) is 0 Å². The zero-order chi connectivity index (χ0) is 17.2. The summed E-state index contributed by atoms with van der Waals surface area (Å²) in [6, 6.07) is 6.88. The molecule has 2 aromatic heterocycles. The van der Waals surface area contributed by atoms with Gasteiger partial charge < -0.3 is 9.80 Å². The average Bonchev–Trinajstić information content (AvgIpc) is 3.10. The summed E-state index contributed by atoms with van der Waals surface area (Å²) in [5.41, 5.74) is 2.39.